The molecule has 0 bridgehead atoms. The van der Waals surface area contributed by atoms with Crippen LogP contribution in [0.15, 0.2) is 48.5 Å². The summed E-state index contributed by atoms with van der Waals surface area (Å²) in [5.41, 5.74) is 2.38. The zero-order valence-corrected chi connectivity index (χ0v) is 14.3. The van der Waals surface area contributed by atoms with E-state index in [1.165, 1.54) is 0 Å². The first kappa shape index (κ1) is 18.5. The molecule has 0 unspecified atom stereocenters. The fourth-order valence-corrected chi connectivity index (χ4v) is 2.40. The summed E-state index contributed by atoms with van der Waals surface area (Å²) in [5, 5.41) is 8.60. The summed E-state index contributed by atoms with van der Waals surface area (Å²) in [7, 11) is 3.33. The minimum atomic E-state index is -1.02. The Labute approximate surface area is 146 Å². The molecule has 0 heterocycles. The Morgan fingerprint density at radius 2 is 1.76 bits per heavy atom. The normalized spacial score (nSPS) is 10.3. The monoisotopic (exact) mass is 343 g/mol. The maximum Gasteiger partial charge on any atom is 0.341 e. The predicted octanol–water partition coefficient (Wildman–Crippen LogP) is 2.57. The van der Waals surface area contributed by atoms with Crippen LogP contribution in [0.2, 0.25) is 0 Å². The summed E-state index contributed by atoms with van der Waals surface area (Å²) in [5.74, 6) is -0.631. The number of ether oxygens (including phenoxy) is 2. The average molecular weight is 343 g/mol. The maximum absolute atomic E-state index is 12.7. The smallest absolute Gasteiger partial charge is 0.341 e. The zero-order chi connectivity index (χ0) is 18.2. The van der Waals surface area contributed by atoms with Gasteiger partial charge in [0.1, 0.15) is 5.75 Å². The fraction of sp³-hybridized carbons (Fsp3) is 0.263. The van der Waals surface area contributed by atoms with Gasteiger partial charge in [0.15, 0.2) is 6.61 Å². The van der Waals surface area contributed by atoms with Crippen LogP contribution >= 0.6 is 0 Å². The molecule has 2 aromatic carbocycles. The molecule has 0 aromatic heterocycles. The molecule has 0 aliphatic carbocycles. The third-order valence-corrected chi connectivity index (χ3v) is 3.60. The van der Waals surface area contributed by atoms with Gasteiger partial charge in [0.25, 0.3) is 5.91 Å². The van der Waals surface area contributed by atoms with Crippen molar-refractivity contribution in [1.82, 2.24) is 4.90 Å². The molecule has 1 amide bonds. The van der Waals surface area contributed by atoms with Crippen LogP contribution in [-0.4, -0.2) is 42.6 Å². The van der Waals surface area contributed by atoms with E-state index in [1.54, 1.807) is 37.3 Å². The molecule has 0 atom stereocenters. The van der Waals surface area contributed by atoms with Crippen molar-refractivity contribution >= 4 is 11.9 Å². The van der Waals surface area contributed by atoms with Crippen molar-refractivity contribution in [1.29, 1.82) is 0 Å². The van der Waals surface area contributed by atoms with E-state index in [4.69, 9.17) is 14.6 Å². The summed E-state index contributed by atoms with van der Waals surface area (Å²) in [6.07, 6.45) is 0. The van der Waals surface area contributed by atoms with Crippen molar-refractivity contribution < 1.29 is 24.2 Å². The molecule has 25 heavy (non-hydrogen) atoms. The Hall–Kier alpha value is -2.86. The lowest BCUT2D eigenvalue weighted by atomic mass is 10.1. The molecule has 0 saturated carbocycles. The predicted molar refractivity (Wildman–Crippen MR) is 92.5 cm³/mol. The number of nitrogens with zero attached hydrogens (tertiary/aromatic N) is 1. The van der Waals surface area contributed by atoms with Crippen LogP contribution in [0.5, 0.6) is 5.75 Å². The largest absolute Gasteiger partial charge is 0.482 e. The highest BCUT2D eigenvalue weighted by molar-refractivity contribution is 5.95. The highest BCUT2D eigenvalue weighted by atomic mass is 16.5. The molecule has 0 aliphatic heterocycles. The minimum absolute atomic E-state index is 0.0844. The second-order valence-electron chi connectivity index (χ2n) is 5.58. The molecular weight excluding hydrogens is 322 g/mol. The highest BCUT2D eigenvalue weighted by Crippen LogP contribution is 2.16. The quantitative estimate of drug-likeness (QED) is 0.797. The van der Waals surface area contributed by atoms with E-state index in [0.29, 0.717) is 24.5 Å². The molecule has 6 heteroatoms. The standard InChI is InChI=1S/C19H21NO5/c1-20(19(23)17-6-4-3-5-15(17)12-24-2)11-14-7-9-16(10-8-14)25-13-18(21)22/h3-10H,11-13H2,1-2H3,(H,21,22). The molecule has 0 radical (unpaired) electrons. The first-order valence-electron chi connectivity index (χ1n) is 7.77. The number of carboxylic acids is 1. The van der Waals surface area contributed by atoms with Crippen LogP contribution in [0.4, 0.5) is 0 Å². The van der Waals surface area contributed by atoms with Gasteiger partial charge in [-0.3, -0.25) is 4.79 Å². The third kappa shape index (κ3) is 5.32. The minimum Gasteiger partial charge on any atom is -0.482 e. The van der Waals surface area contributed by atoms with E-state index in [-0.39, 0.29) is 12.5 Å². The van der Waals surface area contributed by atoms with Crippen LogP contribution in [0.25, 0.3) is 0 Å². The van der Waals surface area contributed by atoms with Gasteiger partial charge in [-0.25, -0.2) is 4.79 Å². The number of hydrogen-bond acceptors (Lipinski definition) is 4. The lowest BCUT2D eigenvalue weighted by Crippen LogP contribution is -2.27. The van der Waals surface area contributed by atoms with Crippen molar-refractivity contribution in [3.05, 3.63) is 65.2 Å². The number of methoxy groups -OCH3 is 1. The molecule has 132 valence electrons. The first-order valence-corrected chi connectivity index (χ1v) is 7.77. The SMILES string of the molecule is COCc1ccccc1C(=O)N(C)Cc1ccc(OCC(=O)O)cc1. The summed E-state index contributed by atoms with van der Waals surface area (Å²) < 4.78 is 10.2. The molecule has 0 aliphatic rings. The van der Waals surface area contributed by atoms with Crippen molar-refractivity contribution in [2.75, 3.05) is 20.8 Å². The van der Waals surface area contributed by atoms with Crippen molar-refractivity contribution in [3.8, 4) is 5.75 Å². The Morgan fingerprint density at radius 1 is 1.08 bits per heavy atom. The van der Waals surface area contributed by atoms with Crippen molar-refractivity contribution in [3.63, 3.8) is 0 Å². The number of carbonyl (C=O) groups excluding carboxylic acids is 1. The summed E-state index contributed by atoms with van der Waals surface area (Å²) in [6.45, 7) is 0.429. The lowest BCUT2D eigenvalue weighted by molar-refractivity contribution is -0.139. The van der Waals surface area contributed by atoms with Gasteiger partial charge in [-0.05, 0) is 29.3 Å². The molecule has 0 saturated heterocycles. The number of rotatable bonds is 8. The van der Waals surface area contributed by atoms with Crippen molar-refractivity contribution in [2.24, 2.45) is 0 Å². The maximum atomic E-state index is 12.7. The van der Waals surface area contributed by atoms with E-state index in [9.17, 15) is 9.59 Å². The Balaban J connectivity index is 2.02. The summed E-state index contributed by atoms with van der Waals surface area (Å²) >= 11 is 0. The number of carbonyl (C=O) groups is 2. The average Bonchev–Trinajstić information content (AvgIpc) is 2.61. The van der Waals surface area contributed by atoms with Crippen molar-refractivity contribution in [2.45, 2.75) is 13.2 Å². The molecule has 2 aromatic rings. The van der Waals surface area contributed by atoms with E-state index in [0.717, 1.165) is 11.1 Å². The summed E-state index contributed by atoms with van der Waals surface area (Å²) in [4.78, 5) is 24.8. The number of amides is 1. The molecular formula is C19H21NO5. The van der Waals surface area contributed by atoms with Gasteiger partial charge in [0, 0.05) is 26.3 Å². The van der Waals surface area contributed by atoms with E-state index in [1.807, 2.05) is 30.3 Å². The highest BCUT2D eigenvalue weighted by Gasteiger charge is 2.15. The molecule has 0 fully saturated rings. The number of aliphatic carboxylic acids is 1. The van der Waals surface area contributed by atoms with E-state index in [2.05, 4.69) is 0 Å². The van der Waals surface area contributed by atoms with Crippen LogP contribution < -0.4 is 4.74 Å². The molecule has 0 spiro atoms. The number of benzene rings is 2. The Morgan fingerprint density at radius 3 is 2.40 bits per heavy atom. The number of hydrogen-bond donors (Lipinski definition) is 1. The topological polar surface area (TPSA) is 76.1 Å². The van der Waals surface area contributed by atoms with Crippen LogP contribution in [-0.2, 0) is 22.7 Å². The van der Waals surface area contributed by atoms with Gasteiger partial charge in [0.2, 0.25) is 0 Å². The van der Waals surface area contributed by atoms with Gasteiger partial charge in [-0.1, -0.05) is 30.3 Å². The van der Waals surface area contributed by atoms with Gasteiger partial charge >= 0.3 is 5.97 Å². The Bertz CT molecular complexity index is 727. The van der Waals surface area contributed by atoms with Crippen LogP contribution in [0.1, 0.15) is 21.5 Å². The van der Waals surface area contributed by atoms with Gasteiger partial charge in [-0.15, -0.1) is 0 Å². The molecule has 6 nitrogen and oxygen atoms in total. The molecule has 2 rings (SSSR count). The van der Waals surface area contributed by atoms with Crippen LogP contribution in [0, 0.1) is 0 Å². The zero-order valence-electron chi connectivity index (χ0n) is 14.3. The van der Waals surface area contributed by atoms with Gasteiger partial charge < -0.3 is 19.5 Å². The van der Waals surface area contributed by atoms with Gasteiger partial charge in [-0.2, -0.15) is 0 Å². The molecule has 1 N–H and O–H groups in total. The number of carboxylic acid groups (broad SMARTS) is 1. The second-order valence-corrected chi connectivity index (χ2v) is 5.58. The Kier molecular flexibility index (Phi) is 6.54. The summed E-state index contributed by atoms with van der Waals surface area (Å²) in [6, 6.07) is 14.4. The first-order chi connectivity index (χ1) is 12.0. The third-order valence-electron chi connectivity index (χ3n) is 3.60. The van der Waals surface area contributed by atoms with Crippen LogP contribution in [0.3, 0.4) is 0 Å². The van der Waals surface area contributed by atoms with E-state index < -0.39 is 5.97 Å². The lowest BCUT2D eigenvalue weighted by Gasteiger charge is -2.19. The fourth-order valence-electron chi connectivity index (χ4n) is 2.40. The van der Waals surface area contributed by atoms with Gasteiger partial charge in [0.05, 0.1) is 6.61 Å². The second kappa shape index (κ2) is 8.84. The van der Waals surface area contributed by atoms with E-state index >= 15 is 0 Å².